The summed E-state index contributed by atoms with van der Waals surface area (Å²) in [5.74, 6) is -1.16. The molecule has 0 aromatic heterocycles. The monoisotopic (exact) mass is 428 g/mol. The number of hydrogen-bond donors (Lipinski definition) is 0. The molecule has 0 aliphatic carbocycles. The summed E-state index contributed by atoms with van der Waals surface area (Å²) in [5, 5.41) is 0.308. The van der Waals surface area contributed by atoms with Crippen LogP contribution < -0.4 is 4.74 Å². The molecule has 0 fully saturated rings. The lowest BCUT2D eigenvalue weighted by molar-refractivity contribution is -0.157. The van der Waals surface area contributed by atoms with E-state index in [1.165, 1.54) is 37.3 Å². The minimum Gasteiger partial charge on any atom is -0.481 e. The summed E-state index contributed by atoms with van der Waals surface area (Å²) >= 11 is 6.04. The van der Waals surface area contributed by atoms with E-state index in [0.717, 1.165) is 6.07 Å². The van der Waals surface area contributed by atoms with E-state index in [9.17, 15) is 17.6 Å². The number of halogens is 2. The molecule has 2 aromatic rings. The molecule has 2 aromatic carbocycles. The highest BCUT2D eigenvalue weighted by molar-refractivity contribution is 7.91. The zero-order valence-electron chi connectivity index (χ0n) is 16.1. The Hall–Kier alpha value is -2.12. The average Bonchev–Trinajstić information content (AvgIpc) is 2.59. The molecule has 0 radical (unpaired) electrons. The molecule has 0 atom stereocenters. The van der Waals surface area contributed by atoms with Gasteiger partial charge in [0.1, 0.15) is 17.2 Å². The maximum atomic E-state index is 14.5. The molecule has 0 spiro atoms. The Morgan fingerprint density at radius 1 is 1.11 bits per heavy atom. The summed E-state index contributed by atoms with van der Waals surface area (Å²) < 4.78 is 49.5. The van der Waals surface area contributed by atoms with E-state index < -0.39 is 27.2 Å². The molecule has 0 heterocycles. The summed E-state index contributed by atoms with van der Waals surface area (Å²) in [6.45, 7) is 6.31. The largest absolute Gasteiger partial charge is 0.481 e. The third kappa shape index (κ3) is 5.69. The quantitative estimate of drug-likeness (QED) is 0.494. The lowest BCUT2D eigenvalue weighted by atomic mass is 10.0. The summed E-state index contributed by atoms with van der Waals surface area (Å²) in [7, 11) is -3.53. The normalized spacial score (nSPS) is 11.9. The van der Waals surface area contributed by atoms with E-state index in [1.807, 2.05) is 0 Å². The SMILES string of the molecule is CCS(=O)(=O)c1ccc(F)c(-c2cc(Cl)ccc2OCC(=O)OC(C)(C)C)c1. The molecule has 2 rings (SSSR count). The van der Waals surface area contributed by atoms with Crippen molar-refractivity contribution < 1.29 is 27.1 Å². The Kier molecular flexibility index (Phi) is 6.72. The first kappa shape index (κ1) is 22.2. The number of carbonyl (C=O) groups is 1. The second-order valence-electron chi connectivity index (χ2n) is 7.06. The molecule has 8 heteroatoms. The number of hydrogen-bond acceptors (Lipinski definition) is 5. The summed E-state index contributed by atoms with van der Waals surface area (Å²) in [6.07, 6.45) is 0. The average molecular weight is 429 g/mol. The van der Waals surface area contributed by atoms with Gasteiger partial charge in [-0.1, -0.05) is 18.5 Å². The maximum absolute atomic E-state index is 14.5. The first-order valence-electron chi connectivity index (χ1n) is 8.60. The third-order valence-corrected chi connectivity index (χ3v) is 5.64. The molecule has 0 N–H and O–H groups in total. The molecule has 0 aliphatic heterocycles. The minimum absolute atomic E-state index is 0.00975. The van der Waals surface area contributed by atoms with Gasteiger partial charge in [0, 0.05) is 16.1 Å². The van der Waals surface area contributed by atoms with Gasteiger partial charge in [-0.15, -0.1) is 0 Å². The fourth-order valence-corrected chi connectivity index (χ4v) is 3.50. The maximum Gasteiger partial charge on any atom is 0.344 e. The molecule has 5 nitrogen and oxygen atoms in total. The van der Waals surface area contributed by atoms with Crippen LogP contribution in [0.25, 0.3) is 11.1 Å². The van der Waals surface area contributed by atoms with Crippen molar-refractivity contribution in [1.82, 2.24) is 0 Å². The van der Waals surface area contributed by atoms with E-state index in [-0.39, 0.29) is 34.1 Å². The van der Waals surface area contributed by atoms with Gasteiger partial charge in [-0.05, 0) is 57.2 Å². The van der Waals surface area contributed by atoms with Gasteiger partial charge in [-0.3, -0.25) is 0 Å². The highest BCUT2D eigenvalue weighted by Gasteiger charge is 2.20. The Morgan fingerprint density at radius 2 is 1.79 bits per heavy atom. The van der Waals surface area contributed by atoms with Crippen LogP contribution in [0.2, 0.25) is 5.02 Å². The van der Waals surface area contributed by atoms with Gasteiger partial charge in [0.15, 0.2) is 16.4 Å². The van der Waals surface area contributed by atoms with Gasteiger partial charge in [0.05, 0.1) is 10.6 Å². The van der Waals surface area contributed by atoms with Gasteiger partial charge >= 0.3 is 5.97 Å². The van der Waals surface area contributed by atoms with Crippen molar-refractivity contribution in [2.24, 2.45) is 0 Å². The Morgan fingerprint density at radius 3 is 2.39 bits per heavy atom. The molecular formula is C20H22ClFO5S. The molecule has 0 amide bonds. The van der Waals surface area contributed by atoms with Crippen LogP contribution in [0.1, 0.15) is 27.7 Å². The lowest BCUT2D eigenvalue weighted by Gasteiger charge is -2.20. The summed E-state index contributed by atoms with van der Waals surface area (Å²) in [4.78, 5) is 11.9. The van der Waals surface area contributed by atoms with Crippen LogP contribution in [0, 0.1) is 5.82 Å². The standard InChI is InChI=1S/C20H22ClFO5S/c1-5-28(24,25)14-7-8-17(22)15(11-14)16-10-13(21)6-9-18(16)26-12-19(23)27-20(2,3)4/h6-11H,5,12H2,1-4H3. The van der Waals surface area contributed by atoms with Crippen molar-refractivity contribution in [1.29, 1.82) is 0 Å². The van der Waals surface area contributed by atoms with Crippen molar-refractivity contribution in [2.75, 3.05) is 12.4 Å². The molecule has 0 saturated heterocycles. The van der Waals surface area contributed by atoms with Crippen LogP contribution in [0.15, 0.2) is 41.3 Å². The van der Waals surface area contributed by atoms with Crippen molar-refractivity contribution >= 4 is 27.4 Å². The highest BCUT2D eigenvalue weighted by Crippen LogP contribution is 2.35. The highest BCUT2D eigenvalue weighted by atomic mass is 35.5. The Labute approximate surface area is 169 Å². The summed E-state index contributed by atoms with van der Waals surface area (Å²) in [5.41, 5.74) is -0.420. The van der Waals surface area contributed by atoms with Gasteiger partial charge < -0.3 is 9.47 Å². The van der Waals surface area contributed by atoms with E-state index in [0.29, 0.717) is 5.02 Å². The van der Waals surface area contributed by atoms with Crippen LogP contribution in [-0.2, 0) is 19.4 Å². The van der Waals surface area contributed by atoms with Crippen molar-refractivity contribution in [3.63, 3.8) is 0 Å². The van der Waals surface area contributed by atoms with Crippen molar-refractivity contribution in [3.05, 3.63) is 47.2 Å². The number of benzene rings is 2. The minimum atomic E-state index is -3.53. The van der Waals surface area contributed by atoms with Gasteiger partial charge in [0.25, 0.3) is 0 Å². The zero-order valence-corrected chi connectivity index (χ0v) is 17.7. The fraction of sp³-hybridized carbons (Fsp3) is 0.350. The molecule has 0 bridgehead atoms. The third-order valence-electron chi connectivity index (χ3n) is 3.67. The number of ether oxygens (including phenoxy) is 2. The second kappa shape index (κ2) is 8.49. The molecule has 152 valence electrons. The molecular weight excluding hydrogens is 407 g/mol. The zero-order chi connectivity index (χ0) is 21.1. The summed E-state index contributed by atoms with van der Waals surface area (Å²) in [6, 6.07) is 8.00. The fourth-order valence-electron chi connectivity index (χ4n) is 2.42. The van der Waals surface area contributed by atoms with Gasteiger partial charge in [-0.2, -0.15) is 0 Å². The van der Waals surface area contributed by atoms with Gasteiger partial charge in [-0.25, -0.2) is 17.6 Å². The molecule has 0 aliphatic rings. The predicted octanol–water partition coefficient (Wildman–Crippen LogP) is 4.66. The van der Waals surface area contributed by atoms with E-state index in [4.69, 9.17) is 21.1 Å². The van der Waals surface area contributed by atoms with Crippen LogP contribution in [0.5, 0.6) is 5.75 Å². The Bertz CT molecular complexity index is 981. The molecule has 0 saturated carbocycles. The van der Waals surface area contributed by atoms with E-state index in [1.54, 1.807) is 20.8 Å². The predicted molar refractivity (Wildman–Crippen MR) is 106 cm³/mol. The second-order valence-corrected chi connectivity index (χ2v) is 9.78. The number of carbonyl (C=O) groups excluding carboxylic acids is 1. The lowest BCUT2D eigenvalue weighted by Crippen LogP contribution is -2.27. The topological polar surface area (TPSA) is 69.7 Å². The van der Waals surface area contributed by atoms with Crippen LogP contribution >= 0.6 is 11.6 Å². The first-order chi connectivity index (χ1) is 12.9. The number of sulfone groups is 1. The van der Waals surface area contributed by atoms with E-state index >= 15 is 0 Å². The smallest absolute Gasteiger partial charge is 0.344 e. The number of rotatable bonds is 6. The van der Waals surface area contributed by atoms with E-state index in [2.05, 4.69) is 0 Å². The van der Waals surface area contributed by atoms with Crippen LogP contribution in [-0.4, -0.2) is 32.3 Å². The first-order valence-corrected chi connectivity index (χ1v) is 10.6. The Balaban J connectivity index is 2.43. The van der Waals surface area contributed by atoms with Gasteiger partial charge in [0.2, 0.25) is 0 Å². The number of esters is 1. The van der Waals surface area contributed by atoms with Crippen molar-refractivity contribution in [2.45, 2.75) is 38.2 Å². The molecule has 0 unspecified atom stereocenters. The van der Waals surface area contributed by atoms with Crippen LogP contribution in [0.4, 0.5) is 4.39 Å². The molecule has 28 heavy (non-hydrogen) atoms. The van der Waals surface area contributed by atoms with Crippen LogP contribution in [0.3, 0.4) is 0 Å². The van der Waals surface area contributed by atoms with Crippen molar-refractivity contribution in [3.8, 4) is 16.9 Å².